The molecule has 0 N–H and O–H groups in total. The highest BCUT2D eigenvalue weighted by atomic mass is 16.5. The van der Waals surface area contributed by atoms with Gasteiger partial charge in [0.05, 0.1) is 6.61 Å². The Morgan fingerprint density at radius 1 is 1.56 bits per heavy atom. The number of likely N-dealkylation sites (N-methyl/N-ethyl adjacent to an activating group) is 1. The highest BCUT2D eigenvalue weighted by molar-refractivity contribution is 5.71. The maximum atomic E-state index is 11.0. The standard InChI is InChI=1S/C14H17NO3/c1-9(16)18-10-4-5-12-11(8-10)14(2)6-7-17-13(14)15(12)3/h4-5,8,13H,6-7H2,1-3H3/t13-,14-/m0/s1. The summed E-state index contributed by atoms with van der Waals surface area (Å²) in [7, 11) is 2.05. The molecular formula is C14H17NO3. The zero-order chi connectivity index (χ0) is 12.9. The molecule has 0 unspecified atom stereocenters. The van der Waals surface area contributed by atoms with E-state index >= 15 is 0 Å². The first-order chi connectivity index (χ1) is 8.52. The second-order valence-corrected chi connectivity index (χ2v) is 5.27. The van der Waals surface area contributed by atoms with Gasteiger partial charge in [0.15, 0.2) is 0 Å². The van der Waals surface area contributed by atoms with Crippen LogP contribution in [-0.2, 0) is 14.9 Å². The maximum Gasteiger partial charge on any atom is 0.308 e. The first kappa shape index (κ1) is 11.5. The fraction of sp³-hybridized carbons (Fsp3) is 0.500. The van der Waals surface area contributed by atoms with Gasteiger partial charge in [-0.25, -0.2) is 0 Å². The van der Waals surface area contributed by atoms with E-state index in [0.29, 0.717) is 5.75 Å². The zero-order valence-corrected chi connectivity index (χ0v) is 10.9. The molecule has 0 amide bonds. The number of anilines is 1. The summed E-state index contributed by atoms with van der Waals surface area (Å²) < 4.78 is 11.0. The fourth-order valence-corrected chi connectivity index (χ4v) is 3.13. The van der Waals surface area contributed by atoms with Crippen molar-refractivity contribution in [3.63, 3.8) is 0 Å². The average Bonchev–Trinajstić information content (AvgIpc) is 2.78. The van der Waals surface area contributed by atoms with Gasteiger partial charge in [0.1, 0.15) is 12.0 Å². The van der Waals surface area contributed by atoms with Crippen molar-refractivity contribution in [1.29, 1.82) is 0 Å². The number of fused-ring (bicyclic) bond motifs is 3. The highest BCUT2D eigenvalue weighted by Crippen LogP contribution is 2.51. The molecule has 0 radical (unpaired) electrons. The lowest BCUT2D eigenvalue weighted by molar-refractivity contribution is -0.131. The van der Waals surface area contributed by atoms with E-state index in [1.165, 1.54) is 12.5 Å². The lowest BCUT2D eigenvalue weighted by Crippen LogP contribution is -2.37. The van der Waals surface area contributed by atoms with Crippen LogP contribution in [0.2, 0.25) is 0 Å². The van der Waals surface area contributed by atoms with Crippen LogP contribution in [0.3, 0.4) is 0 Å². The van der Waals surface area contributed by atoms with Crippen LogP contribution in [0.25, 0.3) is 0 Å². The molecule has 0 bridgehead atoms. The lowest BCUT2D eigenvalue weighted by Gasteiger charge is -2.26. The van der Waals surface area contributed by atoms with E-state index in [9.17, 15) is 4.79 Å². The second-order valence-electron chi connectivity index (χ2n) is 5.27. The molecule has 2 atom stereocenters. The number of ether oxygens (including phenoxy) is 2. The molecule has 1 aromatic rings. The van der Waals surface area contributed by atoms with Gasteiger partial charge in [-0.15, -0.1) is 0 Å². The lowest BCUT2D eigenvalue weighted by atomic mass is 9.82. The molecule has 1 saturated heterocycles. The summed E-state index contributed by atoms with van der Waals surface area (Å²) in [5.41, 5.74) is 2.38. The molecule has 2 aliphatic heterocycles. The summed E-state index contributed by atoms with van der Waals surface area (Å²) in [6, 6.07) is 5.81. The molecule has 4 heteroatoms. The minimum absolute atomic E-state index is 0.000240. The third kappa shape index (κ3) is 1.45. The molecule has 1 aromatic carbocycles. The van der Waals surface area contributed by atoms with Gasteiger partial charge < -0.3 is 14.4 Å². The van der Waals surface area contributed by atoms with Crippen molar-refractivity contribution in [3.05, 3.63) is 23.8 Å². The molecule has 0 aromatic heterocycles. The Bertz CT molecular complexity index is 514. The predicted molar refractivity (Wildman–Crippen MR) is 67.9 cm³/mol. The number of carbonyl (C=O) groups is 1. The topological polar surface area (TPSA) is 38.8 Å². The Hall–Kier alpha value is -1.55. The van der Waals surface area contributed by atoms with E-state index in [4.69, 9.17) is 9.47 Å². The monoisotopic (exact) mass is 247 g/mol. The van der Waals surface area contributed by atoms with E-state index < -0.39 is 0 Å². The van der Waals surface area contributed by atoms with Gasteiger partial charge in [-0.2, -0.15) is 0 Å². The minimum Gasteiger partial charge on any atom is -0.427 e. The van der Waals surface area contributed by atoms with Gasteiger partial charge in [0, 0.05) is 25.1 Å². The van der Waals surface area contributed by atoms with Gasteiger partial charge in [-0.05, 0) is 30.2 Å². The Labute approximate surface area is 106 Å². The molecule has 18 heavy (non-hydrogen) atoms. The van der Waals surface area contributed by atoms with E-state index in [0.717, 1.165) is 18.7 Å². The smallest absolute Gasteiger partial charge is 0.308 e. The highest BCUT2D eigenvalue weighted by Gasteiger charge is 2.50. The molecule has 0 aliphatic carbocycles. The van der Waals surface area contributed by atoms with Crippen molar-refractivity contribution in [3.8, 4) is 5.75 Å². The number of hydrogen-bond acceptors (Lipinski definition) is 4. The summed E-state index contributed by atoms with van der Waals surface area (Å²) >= 11 is 0. The van der Waals surface area contributed by atoms with Crippen LogP contribution in [-0.4, -0.2) is 25.9 Å². The average molecular weight is 247 g/mol. The Kier molecular flexibility index (Phi) is 2.38. The van der Waals surface area contributed by atoms with E-state index in [2.05, 4.69) is 11.8 Å². The summed E-state index contributed by atoms with van der Waals surface area (Å²) in [5, 5.41) is 0. The van der Waals surface area contributed by atoms with Crippen LogP contribution in [0.5, 0.6) is 5.75 Å². The van der Waals surface area contributed by atoms with Crippen molar-refractivity contribution < 1.29 is 14.3 Å². The summed E-state index contributed by atoms with van der Waals surface area (Å²) in [6.45, 7) is 4.41. The SMILES string of the molecule is CC(=O)Oc1ccc2c(c1)[C@]1(C)CCO[C@@H]1N2C. The number of carbonyl (C=O) groups excluding carboxylic acids is 1. The van der Waals surface area contributed by atoms with Crippen LogP contribution >= 0.6 is 0 Å². The molecule has 0 spiro atoms. The van der Waals surface area contributed by atoms with Crippen molar-refractivity contribution in [1.82, 2.24) is 0 Å². The van der Waals surface area contributed by atoms with Crippen molar-refractivity contribution >= 4 is 11.7 Å². The van der Waals surface area contributed by atoms with Gasteiger partial charge in [-0.3, -0.25) is 4.79 Å². The van der Waals surface area contributed by atoms with Crippen molar-refractivity contribution in [2.75, 3.05) is 18.6 Å². The molecule has 0 saturated carbocycles. The predicted octanol–water partition coefficient (Wildman–Crippen LogP) is 2.07. The van der Waals surface area contributed by atoms with E-state index in [-0.39, 0.29) is 17.6 Å². The molecule has 3 rings (SSSR count). The Morgan fingerprint density at radius 2 is 2.33 bits per heavy atom. The van der Waals surface area contributed by atoms with E-state index in [1.54, 1.807) is 0 Å². The van der Waals surface area contributed by atoms with Crippen LogP contribution in [0.15, 0.2) is 18.2 Å². The van der Waals surface area contributed by atoms with Gasteiger partial charge in [0.2, 0.25) is 0 Å². The minimum atomic E-state index is -0.286. The first-order valence-corrected chi connectivity index (χ1v) is 6.20. The number of nitrogens with zero attached hydrogens (tertiary/aromatic N) is 1. The van der Waals surface area contributed by atoms with Gasteiger partial charge in [0.25, 0.3) is 0 Å². The maximum absolute atomic E-state index is 11.0. The van der Waals surface area contributed by atoms with Gasteiger partial charge >= 0.3 is 5.97 Å². The molecular weight excluding hydrogens is 230 g/mol. The third-order valence-corrected chi connectivity index (χ3v) is 4.02. The first-order valence-electron chi connectivity index (χ1n) is 6.20. The number of rotatable bonds is 1. The number of hydrogen-bond donors (Lipinski definition) is 0. The molecule has 2 heterocycles. The zero-order valence-electron chi connectivity index (χ0n) is 10.9. The van der Waals surface area contributed by atoms with E-state index in [1.807, 2.05) is 25.2 Å². The van der Waals surface area contributed by atoms with Crippen LogP contribution in [0.1, 0.15) is 25.8 Å². The summed E-state index contributed by atoms with van der Waals surface area (Å²) in [6.07, 6.45) is 1.10. The second kappa shape index (κ2) is 3.72. The van der Waals surface area contributed by atoms with Crippen LogP contribution in [0.4, 0.5) is 5.69 Å². The Balaban J connectivity index is 2.06. The largest absolute Gasteiger partial charge is 0.427 e. The van der Waals surface area contributed by atoms with Crippen molar-refractivity contribution in [2.45, 2.75) is 31.9 Å². The van der Waals surface area contributed by atoms with Crippen LogP contribution < -0.4 is 9.64 Å². The molecule has 4 nitrogen and oxygen atoms in total. The molecule has 96 valence electrons. The number of esters is 1. The third-order valence-electron chi connectivity index (χ3n) is 4.02. The molecule has 2 aliphatic rings. The van der Waals surface area contributed by atoms with Crippen LogP contribution in [0, 0.1) is 0 Å². The van der Waals surface area contributed by atoms with Gasteiger partial charge in [-0.1, -0.05) is 6.92 Å². The Morgan fingerprint density at radius 3 is 3.06 bits per heavy atom. The fourth-order valence-electron chi connectivity index (χ4n) is 3.13. The normalized spacial score (nSPS) is 29.1. The number of benzene rings is 1. The molecule has 1 fully saturated rings. The quantitative estimate of drug-likeness (QED) is 0.562. The summed E-state index contributed by atoms with van der Waals surface area (Å²) in [4.78, 5) is 13.2. The van der Waals surface area contributed by atoms with Crippen molar-refractivity contribution in [2.24, 2.45) is 0 Å². The summed E-state index contributed by atoms with van der Waals surface area (Å²) in [5.74, 6) is 0.328.